The Bertz CT molecular complexity index is 1230. The summed E-state index contributed by atoms with van der Waals surface area (Å²) in [5, 5.41) is 11.4. The Hall–Kier alpha value is -3.03. The molecule has 0 radical (unpaired) electrons. The number of carbonyl (C=O) groups is 1. The second kappa shape index (κ2) is 10.3. The van der Waals surface area contributed by atoms with E-state index in [1.807, 2.05) is 25.1 Å². The molecule has 4 rings (SSSR count). The van der Waals surface area contributed by atoms with Crippen LogP contribution in [0.2, 0.25) is 5.02 Å². The Morgan fingerprint density at radius 3 is 2.58 bits per heavy atom. The molecule has 0 aliphatic carbocycles. The van der Waals surface area contributed by atoms with Gasteiger partial charge in [-0.05, 0) is 30.0 Å². The lowest BCUT2D eigenvalue weighted by molar-refractivity contribution is 0.0723. The summed E-state index contributed by atoms with van der Waals surface area (Å²) < 4.78 is 5.80. The van der Waals surface area contributed by atoms with Gasteiger partial charge in [-0.3, -0.25) is 4.79 Å². The Morgan fingerprint density at radius 1 is 1.12 bits per heavy atom. The van der Waals surface area contributed by atoms with Gasteiger partial charge in [-0.1, -0.05) is 68.8 Å². The molecule has 170 valence electrons. The molecule has 2 aromatic heterocycles. The van der Waals surface area contributed by atoms with Crippen molar-refractivity contribution >= 4 is 28.8 Å². The quantitative estimate of drug-likeness (QED) is 0.281. The maximum atomic E-state index is 13.2. The number of benzene rings is 2. The summed E-state index contributed by atoms with van der Waals surface area (Å²) in [5.74, 6) is 1.00. The third-order valence-corrected chi connectivity index (χ3v) is 6.45. The van der Waals surface area contributed by atoms with Crippen LogP contribution in [0.5, 0.6) is 0 Å². The largest absolute Gasteiger partial charge is 0.419 e. The van der Waals surface area contributed by atoms with Crippen LogP contribution in [-0.2, 0) is 6.54 Å². The molecule has 2 heterocycles. The van der Waals surface area contributed by atoms with Crippen molar-refractivity contribution in [3.05, 3.63) is 76.1 Å². The Labute approximate surface area is 202 Å². The molecule has 0 saturated heterocycles. The minimum atomic E-state index is -0.157. The zero-order valence-electron chi connectivity index (χ0n) is 18.8. The van der Waals surface area contributed by atoms with Gasteiger partial charge in [0.2, 0.25) is 11.8 Å². The average molecular weight is 481 g/mol. The van der Waals surface area contributed by atoms with Gasteiger partial charge in [-0.15, -0.1) is 21.5 Å². The summed E-state index contributed by atoms with van der Waals surface area (Å²) in [4.78, 5) is 19.5. The molecule has 0 aliphatic heterocycles. The number of thiazole rings is 1. The molecule has 0 bridgehead atoms. The number of rotatable bonds is 8. The molecule has 0 aliphatic rings. The van der Waals surface area contributed by atoms with Crippen molar-refractivity contribution in [2.45, 2.75) is 39.7 Å². The summed E-state index contributed by atoms with van der Waals surface area (Å²) in [6.45, 7) is 7.11. The topological polar surface area (TPSA) is 72.1 Å². The van der Waals surface area contributed by atoms with Crippen LogP contribution >= 0.6 is 22.9 Å². The average Bonchev–Trinajstić information content (AvgIpc) is 3.49. The van der Waals surface area contributed by atoms with Crippen molar-refractivity contribution in [2.75, 3.05) is 6.54 Å². The van der Waals surface area contributed by atoms with Crippen LogP contribution in [-0.4, -0.2) is 32.5 Å². The molecule has 0 atom stereocenters. The summed E-state index contributed by atoms with van der Waals surface area (Å²) in [6, 6.07) is 15.6. The Balaban J connectivity index is 1.51. The monoisotopic (exact) mass is 480 g/mol. The van der Waals surface area contributed by atoms with E-state index in [2.05, 4.69) is 53.3 Å². The predicted octanol–water partition coefficient (Wildman–Crippen LogP) is 6.69. The van der Waals surface area contributed by atoms with Gasteiger partial charge in [0.25, 0.3) is 5.91 Å². The van der Waals surface area contributed by atoms with E-state index < -0.39 is 0 Å². The molecule has 0 N–H and O–H groups in total. The van der Waals surface area contributed by atoms with Gasteiger partial charge in [0, 0.05) is 17.5 Å². The fourth-order valence-electron chi connectivity index (χ4n) is 3.42. The Morgan fingerprint density at radius 2 is 1.88 bits per heavy atom. The molecular weight excluding hydrogens is 456 g/mol. The molecule has 1 amide bonds. The lowest BCUT2D eigenvalue weighted by Gasteiger charge is -2.19. The smallest absolute Gasteiger partial charge is 0.273 e. The highest BCUT2D eigenvalue weighted by atomic mass is 35.5. The summed E-state index contributed by atoms with van der Waals surface area (Å²) in [7, 11) is 0. The van der Waals surface area contributed by atoms with E-state index in [0.29, 0.717) is 40.5 Å². The van der Waals surface area contributed by atoms with Crippen LogP contribution in [0.4, 0.5) is 0 Å². The summed E-state index contributed by atoms with van der Waals surface area (Å²) in [6.07, 6.45) is 0.797. The first-order valence-corrected chi connectivity index (χ1v) is 12.1. The third kappa shape index (κ3) is 5.31. The van der Waals surface area contributed by atoms with E-state index in [0.717, 1.165) is 17.0 Å². The molecule has 6 nitrogen and oxygen atoms in total. The van der Waals surface area contributed by atoms with Crippen molar-refractivity contribution < 1.29 is 9.21 Å². The summed E-state index contributed by atoms with van der Waals surface area (Å²) >= 11 is 7.70. The van der Waals surface area contributed by atoms with E-state index in [9.17, 15) is 4.79 Å². The molecule has 0 fully saturated rings. The van der Waals surface area contributed by atoms with Gasteiger partial charge in [0.15, 0.2) is 0 Å². The van der Waals surface area contributed by atoms with Crippen LogP contribution in [0.3, 0.4) is 0 Å². The van der Waals surface area contributed by atoms with Gasteiger partial charge in [0.05, 0.1) is 17.1 Å². The minimum absolute atomic E-state index is 0.157. The third-order valence-electron chi connectivity index (χ3n) is 5.23. The molecule has 8 heteroatoms. The fraction of sp³-hybridized carbons (Fsp3) is 0.280. The second-order valence-electron chi connectivity index (χ2n) is 8.02. The lowest BCUT2D eigenvalue weighted by Crippen LogP contribution is -2.31. The number of hydrogen-bond donors (Lipinski definition) is 0. The van der Waals surface area contributed by atoms with Crippen molar-refractivity contribution in [3.63, 3.8) is 0 Å². The van der Waals surface area contributed by atoms with Gasteiger partial charge in [0.1, 0.15) is 10.7 Å². The number of amides is 1. The van der Waals surface area contributed by atoms with E-state index in [-0.39, 0.29) is 12.5 Å². The highest BCUT2D eigenvalue weighted by Gasteiger charge is 2.22. The zero-order chi connectivity index (χ0) is 23.4. The maximum absolute atomic E-state index is 13.2. The second-order valence-corrected chi connectivity index (χ2v) is 9.29. The first-order chi connectivity index (χ1) is 16.0. The number of aromatic nitrogens is 3. The molecule has 0 saturated carbocycles. The highest BCUT2D eigenvalue weighted by Crippen LogP contribution is 2.28. The van der Waals surface area contributed by atoms with Gasteiger partial charge < -0.3 is 9.32 Å². The van der Waals surface area contributed by atoms with Crippen LogP contribution < -0.4 is 0 Å². The maximum Gasteiger partial charge on any atom is 0.273 e. The minimum Gasteiger partial charge on any atom is -0.419 e. The number of nitrogens with zero attached hydrogens (tertiary/aromatic N) is 4. The molecule has 4 aromatic rings. The normalized spacial score (nSPS) is 11.2. The van der Waals surface area contributed by atoms with Gasteiger partial charge in [-0.2, -0.15) is 0 Å². The van der Waals surface area contributed by atoms with Crippen molar-refractivity contribution in [2.24, 2.45) is 0 Å². The predicted molar refractivity (Wildman–Crippen MR) is 131 cm³/mol. The van der Waals surface area contributed by atoms with Crippen molar-refractivity contribution in [3.8, 4) is 22.0 Å². The Kier molecular flexibility index (Phi) is 7.20. The first kappa shape index (κ1) is 23.1. The van der Waals surface area contributed by atoms with Gasteiger partial charge >= 0.3 is 0 Å². The molecule has 0 unspecified atom stereocenters. The van der Waals surface area contributed by atoms with E-state index in [1.165, 1.54) is 16.9 Å². The van der Waals surface area contributed by atoms with Crippen LogP contribution in [0.15, 0.2) is 58.3 Å². The fourth-order valence-corrected chi connectivity index (χ4v) is 4.44. The van der Waals surface area contributed by atoms with Gasteiger partial charge in [-0.25, -0.2) is 4.98 Å². The van der Waals surface area contributed by atoms with Crippen LogP contribution in [0.1, 0.15) is 55.1 Å². The van der Waals surface area contributed by atoms with E-state index in [4.69, 9.17) is 16.0 Å². The van der Waals surface area contributed by atoms with E-state index in [1.54, 1.807) is 16.3 Å². The zero-order valence-corrected chi connectivity index (χ0v) is 20.4. The van der Waals surface area contributed by atoms with Crippen LogP contribution in [0, 0.1) is 0 Å². The lowest BCUT2D eigenvalue weighted by atomic mass is 10.0. The standard InChI is InChI=1S/C25H25ClN4O2S/c1-4-13-30(14-22-28-29-23(32-22)19-7-5-6-8-20(19)26)25(31)21-15-33-24(27-21)18-11-9-17(10-12-18)16(2)3/h5-12,15-16H,4,13-14H2,1-3H3. The number of carbonyl (C=O) groups excluding carboxylic acids is 1. The van der Waals surface area contributed by atoms with E-state index >= 15 is 0 Å². The molecular formula is C25H25ClN4O2S. The SMILES string of the molecule is CCCN(Cc1nnc(-c2ccccc2Cl)o1)C(=O)c1csc(-c2ccc(C(C)C)cc2)n1. The molecule has 2 aromatic carbocycles. The molecule has 0 spiro atoms. The highest BCUT2D eigenvalue weighted by molar-refractivity contribution is 7.13. The first-order valence-electron chi connectivity index (χ1n) is 10.9. The molecule has 33 heavy (non-hydrogen) atoms. The van der Waals surface area contributed by atoms with Crippen LogP contribution in [0.25, 0.3) is 22.0 Å². The van der Waals surface area contributed by atoms with Crippen molar-refractivity contribution in [1.82, 2.24) is 20.1 Å². The van der Waals surface area contributed by atoms with Crippen molar-refractivity contribution in [1.29, 1.82) is 0 Å². The number of halogens is 1. The number of hydrogen-bond acceptors (Lipinski definition) is 6. The summed E-state index contributed by atoms with van der Waals surface area (Å²) in [5.41, 5.74) is 3.37.